The van der Waals surface area contributed by atoms with Gasteiger partial charge in [-0.2, -0.15) is 8.42 Å². The van der Waals surface area contributed by atoms with E-state index >= 15 is 0 Å². The molecule has 1 aliphatic carbocycles. The molecule has 1 saturated carbocycles. The maximum atomic E-state index is 12.7. The molecule has 0 radical (unpaired) electrons. The van der Waals surface area contributed by atoms with Gasteiger partial charge in [-0.25, -0.2) is 0 Å². The van der Waals surface area contributed by atoms with E-state index in [1.807, 2.05) is 37.3 Å². The van der Waals surface area contributed by atoms with E-state index in [4.69, 9.17) is 13.7 Å². The summed E-state index contributed by atoms with van der Waals surface area (Å²) in [5.74, 6) is 0. The fraction of sp³-hybridized carbons (Fsp3) is 0.517. The maximum Gasteiger partial charge on any atom is 0.296 e. The Morgan fingerprint density at radius 1 is 0.972 bits per heavy atom. The Balaban J connectivity index is 1.41. The van der Waals surface area contributed by atoms with Crippen LogP contribution in [-0.4, -0.2) is 50.1 Å². The van der Waals surface area contributed by atoms with Crippen LogP contribution >= 0.6 is 0 Å². The zero-order valence-electron chi connectivity index (χ0n) is 20.9. The van der Waals surface area contributed by atoms with Gasteiger partial charge in [-0.05, 0) is 81.6 Å². The lowest BCUT2D eigenvalue weighted by atomic mass is 9.57. The summed E-state index contributed by atoms with van der Waals surface area (Å²) in [5.41, 5.74) is 0.306. The maximum absolute atomic E-state index is 12.7. The number of hydrogen-bond donors (Lipinski definition) is 1. The molecule has 0 amide bonds. The molecule has 36 heavy (non-hydrogen) atoms. The first-order chi connectivity index (χ1) is 17.3. The molecule has 3 aliphatic rings. The highest BCUT2D eigenvalue weighted by atomic mass is 32.2. The van der Waals surface area contributed by atoms with Gasteiger partial charge in [0, 0.05) is 13.2 Å². The van der Waals surface area contributed by atoms with Crippen molar-refractivity contribution in [2.75, 3.05) is 19.8 Å². The van der Waals surface area contributed by atoms with Gasteiger partial charge in [0.15, 0.2) is 0 Å². The summed E-state index contributed by atoms with van der Waals surface area (Å²) < 4.78 is 43.7. The van der Waals surface area contributed by atoms with Crippen LogP contribution in [0.15, 0.2) is 65.1 Å². The minimum Gasteiger partial charge on any atom is -0.382 e. The van der Waals surface area contributed by atoms with Gasteiger partial charge >= 0.3 is 0 Å². The van der Waals surface area contributed by atoms with Crippen LogP contribution in [0.4, 0.5) is 0 Å². The van der Waals surface area contributed by atoms with E-state index in [0.29, 0.717) is 32.5 Å². The van der Waals surface area contributed by atoms with Crippen molar-refractivity contribution < 1.29 is 27.2 Å². The highest BCUT2D eigenvalue weighted by Crippen LogP contribution is 2.60. The Morgan fingerprint density at radius 2 is 1.69 bits per heavy atom. The molecule has 6 nitrogen and oxygen atoms in total. The van der Waals surface area contributed by atoms with E-state index in [-0.39, 0.29) is 11.5 Å². The van der Waals surface area contributed by atoms with Crippen LogP contribution in [0.25, 0.3) is 6.08 Å². The van der Waals surface area contributed by atoms with E-state index < -0.39 is 26.9 Å². The summed E-state index contributed by atoms with van der Waals surface area (Å²) in [6.45, 7) is 3.16. The van der Waals surface area contributed by atoms with E-state index in [1.165, 1.54) is 0 Å². The summed E-state index contributed by atoms with van der Waals surface area (Å²) in [6.07, 6.45) is 7.71. The lowest BCUT2D eigenvalue weighted by Crippen LogP contribution is -2.70. The summed E-state index contributed by atoms with van der Waals surface area (Å²) in [7, 11) is -3.86. The molecule has 5 rings (SSSR count). The first kappa shape index (κ1) is 25.6. The van der Waals surface area contributed by atoms with Crippen molar-refractivity contribution in [1.29, 1.82) is 0 Å². The van der Waals surface area contributed by atoms with E-state index in [2.05, 4.69) is 6.08 Å². The third kappa shape index (κ3) is 4.45. The van der Waals surface area contributed by atoms with Gasteiger partial charge in [-0.15, -0.1) is 0 Å². The zero-order valence-corrected chi connectivity index (χ0v) is 21.8. The molecular weight excluding hydrogens is 476 g/mol. The summed E-state index contributed by atoms with van der Waals surface area (Å²) in [4.78, 5) is 0.142. The lowest BCUT2D eigenvalue weighted by molar-refractivity contribution is -0.257. The molecule has 2 spiro atoms. The van der Waals surface area contributed by atoms with Crippen molar-refractivity contribution in [2.45, 2.75) is 80.0 Å². The Bertz CT molecular complexity index is 1180. The predicted octanol–water partition coefficient (Wildman–Crippen LogP) is 5.19. The summed E-state index contributed by atoms with van der Waals surface area (Å²) in [5, 5.41) is 12.6. The monoisotopic (exact) mass is 512 g/mol. The normalized spacial score (nSPS) is 31.6. The van der Waals surface area contributed by atoms with E-state index in [0.717, 1.165) is 48.8 Å². The van der Waals surface area contributed by atoms with Crippen LogP contribution in [0.2, 0.25) is 0 Å². The average Bonchev–Trinajstić information content (AvgIpc) is 3.56. The van der Waals surface area contributed by atoms with Gasteiger partial charge in [-0.1, -0.05) is 54.1 Å². The highest BCUT2D eigenvalue weighted by molar-refractivity contribution is 7.86. The van der Waals surface area contributed by atoms with Crippen molar-refractivity contribution in [3.63, 3.8) is 0 Å². The molecule has 2 aliphatic heterocycles. The molecule has 2 aromatic carbocycles. The fourth-order valence-corrected chi connectivity index (χ4v) is 7.44. The van der Waals surface area contributed by atoms with Crippen LogP contribution in [-0.2, 0) is 23.8 Å². The third-order valence-electron chi connectivity index (χ3n) is 8.23. The minimum atomic E-state index is -3.86. The molecule has 2 aromatic rings. The first-order valence-corrected chi connectivity index (χ1v) is 14.4. The standard InChI is InChI=1S/C29H36O6S/c1-23-10-12-26(13-11-23)36(31,32)35-21-6-16-28(30)25(22-24-8-3-2-4-9-24)14-18-27(15-5-19-33-27)29(28)17-7-20-34-29/h2-4,8-13,22,30H,5-7,14-21H2,1H3/b25-22+/t27-,28+,29-/m0/s1. The van der Waals surface area contributed by atoms with Crippen molar-refractivity contribution in [3.05, 3.63) is 71.3 Å². The number of rotatable bonds is 7. The second kappa shape index (κ2) is 10.0. The molecule has 194 valence electrons. The Kier molecular flexibility index (Phi) is 7.13. The Labute approximate surface area is 214 Å². The summed E-state index contributed by atoms with van der Waals surface area (Å²) in [6, 6.07) is 16.6. The number of benzene rings is 2. The van der Waals surface area contributed by atoms with Crippen LogP contribution in [0.1, 0.15) is 62.5 Å². The molecular formula is C29H36O6S. The molecule has 3 atom stereocenters. The smallest absolute Gasteiger partial charge is 0.296 e. The third-order valence-corrected chi connectivity index (χ3v) is 9.56. The second-order valence-corrected chi connectivity index (χ2v) is 12.0. The van der Waals surface area contributed by atoms with Crippen molar-refractivity contribution in [3.8, 4) is 0 Å². The van der Waals surface area contributed by atoms with Crippen LogP contribution in [0, 0.1) is 6.92 Å². The van der Waals surface area contributed by atoms with Gasteiger partial charge in [0.1, 0.15) is 16.8 Å². The first-order valence-electron chi connectivity index (χ1n) is 13.0. The van der Waals surface area contributed by atoms with Crippen LogP contribution in [0.3, 0.4) is 0 Å². The number of ether oxygens (including phenoxy) is 2. The predicted molar refractivity (Wildman–Crippen MR) is 138 cm³/mol. The van der Waals surface area contributed by atoms with Crippen LogP contribution in [0.5, 0.6) is 0 Å². The number of aliphatic hydroxyl groups is 1. The van der Waals surface area contributed by atoms with E-state index in [1.54, 1.807) is 24.3 Å². The number of fused-ring (bicyclic) bond motifs is 1. The zero-order chi connectivity index (χ0) is 25.3. The van der Waals surface area contributed by atoms with Crippen LogP contribution < -0.4 is 0 Å². The molecule has 7 heteroatoms. The molecule has 1 N–H and O–H groups in total. The van der Waals surface area contributed by atoms with Gasteiger partial charge in [0.25, 0.3) is 10.1 Å². The lowest BCUT2D eigenvalue weighted by Gasteiger charge is -2.58. The van der Waals surface area contributed by atoms with E-state index in [9.17, 15) is 13.5 Å². The second-order valence-electron chi connectivity index (χ2n) is 10.4. The molecule has 0 aromatic heterocycles. The van der Waals surface area contributed by atoms with Crippen molar-refractivity contribution in [2.24, 2.45) is 0 Å². The van der Waals surface area contributed by atoms with Gasteiger partial charge in [0.05, 0.1) is 11.5 Å². The fourth-order valence-electron chi connectivity index (χ4n) is 6.49. The molecule has 0 unspecified atom stereocenters. The molecule has 0 bridgehead atoms. The largest absolute Gasteiger partial charge is 0.382 e. The van der Waals surface area contributed by atoms with Gasteiger partial charge in [0.2, 0.25) is 0 Å². The van der Waals surface area contributed by atoms with Crippen molar-refractivity contribution in [1.82, 2.24) is 0 Å². The summed E-state index contributed by atoms with van der Waals surface area (Å²) >= 11 is 0. The molecule has 2 saturated heterocycles. The van der Waals surface area contributed by atoms with Gasteiger partial charge < -0.3 is 14.6 Å². The number of hydrogen-bond acceptors (Lipinski definition) is 6. The minimum absolute atomic E-state index is 0.0128. The SMILES string of the molecule is Cc1ccc(S(=O)(=O)OCCC[C@@]2(O)/C(=C/c3ccccc3)CC[C@@]3(CCCO3)[C@@]23CCCO3)cc1. The average molecular weight is 513 g/mol. The molecule has 3 fully saturated rings. The van der Waals surface area contributed by atoms with Crippen molar-refractivity contribution >= 4 is 16.2 Å². The Hall–Kier alpha value is -2.03. The molecule has 2 heterocycles. The quantitative estimate of drug-likeness (QED) is 0.406. The topological polar surface area (TPSA) is 82.1 Å². The highest BCUT2D eigenvalue weighted by Gasteiger charge is 2.69. The Morgan fingerprint density at radius 3 is 2.36 bits per heavy atom. The number of aryl methyl sites for hydroxylation is 1. The van der Waals surface area contributed by atoms with Gasteiger partial charge in [-0.3, -0.25) is 4.18 Å².